The fourth-order valence-corrected chi connectivity index (χ4v) is 4.60. The van der Waals surface area contributed by atoms with Crippen LogP contribution >= 0.6 is 0 Å². The summed E-state index contributed by atoms with van der Waals surface area (Å²) in [5, 5.41) is 13.3. The molecule has 0 aromatic heterocycles. The van der Waals surface area contributed by atoms with Gasteiger partial charge in [0.15, 0.2) is 0 Å². The van der Waals surface area contributed by atoms with Crippen LogP contribution in [0.25, 0.3) is 17.0 Å². The largest absolute Gasteiger partial charge is 0.356 e. The minimum atomic E-state index is -0.0260. The van der Waals surface area contributed by atoms with E-state index in [0.29, 0.717) is 0 Å². The molecule has 0 amide bonds. The van der Waals surface area contributed by atoms with Crippen molar-refractivity contribution in [2.24, 2.45) is 5.41 Å². The number of hydrogen-bond donors (Lipinski definition) is 1. The van der Waals surface area contributed by atoms with E-state index in [1.807, 2.05) is 12.1 Å². The number of likely N-dealkylation sites (N-methyl/N-ethyl adjacent to an activating group) is 1. The Bertz CT molecular complexity index is 904. The fourth-order valence-electron chi connectivity index (χ4n) is 4.60. The van der Waals surface area contributed by atoms with Crippen LogP contribution in [0.2, 0.25) is 0 Å². The van der Waals surface area contributed by atoms with Crippen molar-refractivity contribution >= 4 is 17.0 Å². The maximum Gasteiger partial charge on any atom is 0.136 e. The molecule has 1 N–H and O–H groups in total. The molecule has 0 bridgehead atoms. The van der Waals surface area contributed by atoms with Gasteiger partial charge in [0.1, 0.15) is 12.8 Å². The summed E-state index contributed by atoms with van der Waals surface area (Å²) in [6.07, 6.45) is 1.35. The van der Waals surface area contributed by atoms with Crippen LogP contribution in [0.15, 0.2) is 30.3 Å². The maximum absolute atomic E-state index is 8.66. The van der Waals surface area contributed by atoms with Crippen molar-refractivity contribution in [2.75, 3.05) is 6.54 Å². The number of hydrogen-bond acceptors (Lipinski definition) is 2. The molecular formula is C21H27NO2. The van der Waals surface area contributed by atoms with E-state index >= 15 is 0 Å². The summed E-state index contributed by atoms with van der Waals surface area (Å²) < 4.78 is 2.48. The van der Waals surface area contributed by atoms with E-state index < -0.39 is 0 Å². The highest BCUT2D eigenvalue weighted by atomic mass is 17.1. The summed E-state index contributed by atoms with van der Waals surface area (Å²) in [5.74, 6) is 0. The molecule has 0 saturated carbocycles. The minimum absolute atomic E-state index is 0.0260. The number of fused-ring (bicyclic) bond motifs is 3. The third kappa shape index (κ3) is 2.39. The smallest absolute Gasteiger partial charge is 0.136 e. The second-order valence-corrected chi connectivity index (χ2v) is 8.13. The van der Waals surface area contributed by atoms with Crippen molar-refractivity contribution in [1.82, 2.24) is 4.58 Å². The van der Waals surface area contributed by atoms with Crippen LogP contribution in [0.4, 0.5) is 0 Å². The van der Waals surface area contributed by atoms with Crippen LogP contribution in [-0.2, 0) is 10.3 Å². The maximum atomic E-state index is 8.66. The molecule has 128 valence electrons. The van der Waals surface area contributed by atoms with Crippen LogP contribution in [-0.4, -0.2) is 11.8 Å². The van der Waals surface area contributed by atoms with E-state index in [1.165, 1.54) is 34.0 Å². The van der Waals surface area contributed by atoms with Crippen molar-refractivity contribution in [3.63, 3.8) is 0 Å². The van der Waals surface area contributed by atoms with Crippen molar-refractivity contribution in [3.05, 3.63) is 52.5 Å². The van der Waals surface area contributed by atoms with Gasteiger partial charge < -0.3 is 9.46 Å². The van der Waals surface area contributed by atoms with Gasteiger partial charge in [-0.2, -0.15) is 0 Å². The summed E-state index contributed by atoms with van der Waals surface area (Å²) in [6.45, 7) is 14.7. The zero-order chi connectivity index (χ0) is 17.7. The molecule has 2 aromatic rings. The van der Waals surface area contributed by atoms with Gasteiger partial charge in [0, 0.05) is 11.3 Å². The number of rotatable bonds is 2. The molecule has 0 fully saturated rings. The van der Waals surface area contributed by atoms with Crippen LogP contribution < -0.4 is 15.2 Å². The SMILES string of the molecule is CC[N+]1=c2ccc3c/c(=C/OO)ccc3c2C(C)(C)[C-]1C(C)(C)C. The molecule has 0 unspecified atom stereocenters. The Balaban J connectivity index is 2.38. The van der Waals surface area contributed by atoms with Crippen LogP contribution in [0.5, 0.6) is 0 Å². The lowest BCUT2D eigenvalue weighted by atomic mass is 9.68. The fraction of sp³-hybridized carbons (Fsp3) is 0.429. The zero-order valence-electron chi connectivity index (χ0n) is 15.5. The first-order valence-electron chi connectivity index (χ1n) is 8.58. The summed E-state index contributed by atoms with van der Waals surface area (Å²) in [7, 11) is 0. The topological polar surface area (TPSA) is 32.5 Å². The molecule has 0 spiro atoms. The van der Waals surface area contributed by atoms with Gasteiger partial charge in [-0.3, -0.25) is 0 Å². The Morgan fingerprint density at radius 3 is 2.50 bits per heavy atom. The third-order valence-electron chi connectivity index (χ3n) is 5.02. The lowest BCUT2D eigenvalue weighted by Crippen LogP contribution is -2.41. The molecule has 1 aliphatic rings. The molecule has 0 aliphatic carbocycles. The van der Waals surface area contributed by atoms with Gasteiger partial charge in [-0.15, -0.1) is 0 Å². The Morgan fingerprint density at radius 2 is 1.92 bits per heavy atom. The molecule has 3 nitrogen and oxygen atoms in total. The first-order valence-corrected chi connectivity index (χ1v) is 8.58. The molecule has 2 aromatic carbocycles. The molecule has 0 atom stereocenters. The second-order valence-electron chi connectivity index (χ2n) is 8.13. The van der Waals surface area contributed by atoms with Crippen LogP contribution in [0, 0.1) is 11.5 Å². The number of nitrogens with zero attached hydrogens (tertiary/aromatic N) is 1. The van der Waals surface area contributed by atoms with Crippen molar-refractivity contribution in [2.45, 2.75) is 47.0 Å². The monoisotopic (exact) mass is 325 g/mol. The Hall–Kier alpha value is -2.00. The van der Waals surface area contributed by atoms with E-state index in [2.05, 4.69) is 69.2 Å². The van der Waals surface area contributed by atoms with Crippen molar-refractivity contribution < 1.29 is 10.1 Å². The first kappa shape index (κ1) is 16.8. The molecule has 3 rings (SSSR count). The molecule has 1 heterocycles. The highest BCUT2D eigenvalue weighted by molar-refractivity contribution is 5.87. The lowest BCUT2D eigenvalue weighted by molar-refractivity contribution is -0.162. The number of benzene rings is 2. The standard InChI is InChI=1S/C21H27NO2/c1-7-22-17-11-9-15-12-14(13-24-23)8-10-16(15)18(17)21(5,6)19(22)20(2,3)4/h8-13,23H,7H2,1-6H3/b14-13+. The van der Waals surface area contributed by atoms with E-state index in [0.717, 1.165) is 11.8 Å². The lowest BCUT2D eigenvalue weighted by Gasteiger charge is -2.42. The van der Waals surface area contributed by atoms with E-state index in [4.69, 9.17) is 5.26 Å². The van der Waals surface area contributed by atoms with Gasteiger partial charge in [0.2, 0.25) is 0 Å². The quantitative estimate of drug-likeness (QED) is 0.397. The molecular weight excluding hydrogens is 298 g/mol. The minimum Gasteiger partial charge on any atom is -0.356 e. The highest BCUT2D eigenvalue weighted by Gasteiger charge is 2.44. The predicted octanol–water partition coefficient (Wildman–Crippen LogP) is 3.45. The van der Waals surface area contributed by atoms with Gasteiger partial charge in [0.05, 0.1) is 5.36 Å². The second kappa shape index (κ2) is 5.52. The summed E-state index contributed by atoms with van der Waals surface area (Å²) in [5.41, 5.74) is 1.47. The Morgan fingerprint density at radius 1 is 1.21 bits per heavy atom. The Kier molecular flexibility index (Phi) is 3.88. The Labute approximate surface area is 143 Å². The van der Waals surface area contributed by atoms with Gasteiger partial charge in [0.25, 0.3) is 0 Å². The summed E-state index contributed by atoms with van der Waals surface area (Å²) in [6, 6.07) is 12.0. The van der Waals surface area contributed by atoms with Crippen LogP contribution in [0.1, 0.15) is 47.1 Å². The normalized spacial score (nSPS) is 17.5. The van der Waals surface area contributed by atoms with Gasteiger partial charge in [-0.25, -0.2) is 5.26 Å². The van der Waals surface area contributed by atoms with Crippen molar-refractivity contribution in [3.8, 4) is 0 Å². The van der Waals surface area contributed by atoms with E-state index in [-0.39, 0.29) is 10.8 Å². The first-order chi connectivity index (χ1) is 11.2. The molecule has 1 aliphatic heterocycles. The summed E-state index contributed by atoms with van der Waals surface area (Å²) >= 11 is 0. The van der Waals surface area contributed by atoms with Gasteiger partial charge in [-0.1, -0.05) is 64.4 Å². The van der Waals surface area contributed by atoms with Crippen LogP contribution in [0.3, 0.4) is 0 Å². The molecule has 3 heteroatoms. The van der Waals surface area contributed by atoms with Crippen molar-refractivity contribution in [1.29, 1.82) is 0 Å². The molecule has 0 saturated heterocycles. The average Bonchev–Trinajstić information content (AvgIpc) is 2.74. The van der Waals surface area contributed by atoms with E-state index in [9.17, 15) is 0 Å². The molecule has 0 radical (unpaired) electrons. The zero-order valence-corrected chi connectivity index (χ0v) is 15.5. The third-order valence-corrected chi connectivity index (χ3v) is 5.02. The van der Waals surface area contributed by atoms with Gasteiger partial charge in [-0.05, 0) is 34.6 Å². The van der Waals surface area contributed by atoms with E-state index in [1.54, 1.807) is 0 Å². The highest BCUT2D eigenvalue weighted by Crippen LogP contribution is 2.46. The molecule has 24 heavy (non-hydrogen) atoms. The summed E-state index contributed by atoms with van der Waals surface area (Å²) in [4.78, 5) is 4.17. The van der Waals surface area contributed by atoms with Gasteiger partial charge >= 0.3 is 0 Å². The average molecular weight is 325 g/mol. The predicted molar refractivity (Wildman–Crippen MR) is 98.9 cm³/mol.